The molecule has 0 bridgehead atoms. The molecule has 1 fully saturated rings. The van der Waals surface area contributed by atoms with Crippen LogP contribution in [0.2, 0.25) is 0 Å². The van der Waals surface area contributed by atoms with Crippen LogP contribution in [0.1, 0.15) is 36.0 Å². The Labute approximate surface area is 148 Å². The molecule has 0 unspecified atom stereocenters. The Morgan fingerprint density at radius 3 is 2.46 bits per heavy atom. The van der Waals surface area contributed by atoms with Gasteiger partial charge < -0.3 is 10.2 Å². The van der Waals surface area contributed by atoms with E-state index in [1.54, 1.807) is 0 Å². The molecular formula is C18H25N3O2S. The van der Waals surface area contributed by atoms with E-state index >= 15 is 0 Å². The normalized spacial score (nSPS) is 15.9. The molecule has 5 nitrogen and oxygen atoms in total. The van der Waals surface area contributed by atoms with Crippen LogP contribution in [0.25, 0.3) is 0 Å². The average Bonchev–Trinajstić information content (AvgIpc) is 2.87. The van der Waals surface area contributed by atoms with Gasteiger partial charge in [-0.25, -0.2) is 0 Å². The minimum atomic E-state index is -0.463. The molecule has 1 N–H and O–H groups in total. The van der Waals surface area contributed by atoms with Gasteiger partial charge in [-0.3, -0.25) is 14.5 Å². The molecule has 0 atom stereocenters. The minimum Gasteiger partial charge on any atom is -0.335 e. The van der Waals surface area contributed by atoms with E-state index in [0.717, 1.165) is 23.7 Å². The number of anilines is 1. The molecule has 1 aromatic rings. The van der Waals surface area contributed by atoms with Gasteiger partial charge >= 0.3 is 0 Å². The van der Waals surface area contributed by atoms with Crippen LogP contribution in [0.15, 0.2) is 6.07 Å². The van der Waals surface area contributed by atoms with Crippen LogP contribution in [0.3, 0.4) is 0 Å². The van der Waals surface area contributed by atoms with Crippen molar-refractivity contribution in [1.82, 2.24) is 9.80 Å². The molecule has 2 amide bonds. The number of piperazine rings is 1. The van der Waals surface area contributed by atoms with Crippen molar-refractivity contribution >= 4 is 28.2 Å². The first-order valence-electron chi connectivity index (χ1n) is 8.09. The number of rotatable bonds is 3. The largest absolute Gasteiger partial charge is 0.335 e. The van der Waals surface area contributed by atoms with Crippen molar-refractivity contribution in [3.63, 3.8) is 0 Å². The van der Waals surface area contributed by atoms with Crippen molar-refractivity contribution in [2.24, 2.45) is 5.41 Å². The summed E-state index contributed by atoms with van der Waals surface area (Å²) < 4.78 is 0. The summed E-state index contributed by atoms with van der Waals surface area (Å²) in [5.41, 5.74) is 0.440. The maximum absolute atomic E-state index is 12.7. The summed E-state index contributed by atoms with van der Waals surface area (Å²) in [6.07, 6.45) is 5.33. The fourth-order valence-electron chi connectivity index (χ4n) is 2.44. The monoisotopic (exact) mass is 347 g/mol. The Kier molecular flexibility index (Phi) is 5.68. The van der Waals surface area contributed by atoms with E-state index in [1.165, 1.54) is 11.3 Å². The third-order valence-corrected chi connectivity index (χ3v) is 5.14. The molecule has 1 aliphatic heterocycles. The fraction of sp³-hybridized carbons (Fsp3) is 0.556. The van der Waals surface area contributed by atoms with Crippen molar-refractivity contribution in [2.75, 3.05) is 38.0 Å². The molecule has 1 saturated heterocycles. The second-order valence-corrected chi connectivity index (χ2v) is 8.15. The maximum Gasteiger partial charge on any atom is 0.264 e. The summed E-state index contributed by atoms with van der Waals surface area (Å²) >= 11 is 1.35. The second kappa shape index (κ2) is 7.37. The molecule has 0 radical (unpaired) electrons. The third kappa shape index (κ3) is 4.37. The zero-order chi connectivity index (χ0) is 17.9. The van der Waals surface area contributed by atoms with Crippen LogP contribution in [-0.2, 0) is 4.79 Å². The maximum atomic E-state index is 12.7. The van der Waals surface area contributed by atoms with Crippen molar-refractivity contribution in [2.45, 2.75) is 27.7 Å². The number of terminal acetylenes is 1. The Morgan fingerprint density at radius 2 is 1.92 bits per heavy atom. The molecule has 1 aliphatic rings. The van der Waals surface area contributed by atoms with Gasteiger partial charge in [-0.1, -0.05) is 26.7 Å². The molecule has 2 rings (SSSR count). The quantitative estimate of drug-likeness (QED) is 0.855. The van der Waals surface area contributed by atoms with Crippen LogP contribution in [0.5, 0.6) is 0 Å². The SMILES string of the molecule is C#CCN1CCN(C(=O)c2sc(NC(=O)C(C)(C)C)cc2C)CC1. The molecule has 1 aromatic heterocycles. The molecule has 0 saturated carbocycles. The van der Waals surface area contributed by atoms with E-state index in [1.807, 2.05) is 38.7 Å². The van der Waals surface area contributed by atoms with Crippen molar-refractivity contribution in [1.29, 1.82) is 0 Å². The lowest BCUT2D eigenvalue weighted by Gasteiger charge is -2.33. The van der Waals surface area contributed by atoms with E-state index in [9.17, 15) is 9.59 Å². The predicted molar refractivity (Wildman–Crippen MR) is 98.3 cm³/mol. The van der Waals surface area contributed by atoms with Crippen LogP contribution in [0.4, 0.5) is 5.00 Å². The van der Waals surface area contributed by atoms with E-state index in [-0.39, 0.29) is 11.8 Å². The van der Waals surface area contributed by atoms with E-state index in [4.69, 9.17) is 6.42 Å². The number of thiophene rings is 1. The van der Waals surface area contributed by atoms with Gasteiger partial charge in [0.05, 0.1) is 16.4 Å². The van der Waals surface area contributed by atoms with Gasteiger partial charge in [-0.05, 0) is 18.6 Å². The van der Waals surface area contributed by atoms with Crippen LogP contribution >= 0.6 is 11.3 Å². The Hall–Kier alpha value is -1.84. The molecule has 0 aromatic carbocycles. The highest BCUT2D eigenvalue weighted by atomic mass is 32.1. The van der Waals surface area contributed by atoms with Crippen LogP contribution in [-0.4, -0.2) is 54.3 Å². The highest BCUT2D eigenvalue weighted by Gasteiger charge is 2.26. The minimum absolute atomic E-state index is 0.0362. The number of nitrogens with one attached hydrogen (secondary N) is 1. The predicted octanol–water partition coefficient (Wildman–Crippen LogP) is 2.43. The van der Waals surface area contributed by atoms with Gasteiger partial charge in [0.25, 0.3) is 5.91 Å². The zero-order valence-electron chi connectivity index (χ0n) is 14.8. The molecule has 6 heteroatoms. The standard InChI is InChI=1S/C18H25N3O2S/c1-6-7-20-8-10-21(11-9-20)16(22)15-13(2)12-14(24-15)19-17(23)18(3,4)5/h1,12H,7-11H2,2-5H3,(H,19,23). The molecule has 24 heavy (non-hydrogen) atoms. The Bertz CT molecular complexity index is 659. The lowest BCUT2D eigenvalue weighted by atomic mass is 9.96. The molecule has 0 aliphatic carbocycles. The Balaban J connectivity index is 2.04. The number of nitrogens with zero attached hydrogens (tertiary/aromatic N) is 2. The molecular weight excluding hydrogens is 322 g/mol. The molecule has 2 heterocycles. The van der Waals surface area contributed by atoms with E-state index in [0.29, 0.717) is 24.5 Å². The number of hydrogen-bond acceptors (Lipinski definition) is 4. The first kappa shape index (κ1) is 18.5. The fourth-order valence-corrected chi connectivity index (χ4v) is 3.47. The highest BCUT2D eigenvalue weighted by molar-refractivity contribution is 7.18. The first-order chi connectivity index (χ1) is 11.2. The zero-order valence-corrected chi connectivity index (χ0v) is 15.6. The summed E-state index contributed by atoms with van der Waals surface area (Å²) in [4.78, 5) is 29.6. The van der Waals surface area contributed by atoms with Gasteiger partial charge in [0, 0.05) is 31.6 Å². The smallest absolute Gasteiger partial charge is 0.264 e. The van der Waals surface area contributed by atoms with E-state index < -0.39 is 5.41 Å². The van der Waals surface area contributed by atoms with Gasteiger partial charge in [-0.2, -0.15) is 0 Å². The summed E-state index contributed by atoms with van der Waals surface area (Å²) in [6.45, 7) is 11.1. The van der Waals surface area contributed by atoms with Gasteiger partial charge in [-0.15, -0.1) is 17.8 Å². The molecule has 130 valence electrons. The third-order valence-electron chi connectivity index (χ3n) is 4.00. The number of amides is 2. The summed E-state index contributed by atoms with van der Waals surface area (Å²) in [7, 11) is 0. The topological polar surface area (TPSA) is 52.6 Å². The van der Waals surface area contributed by atoms with Gasteiger partial charge in [0.1, 0.15) is 0 Å². The van der Waals surface area contributed by atoms with Crippen LogP contribution in [0, 0.1) is 24.7 Å². The number of carbonyl (C=O) groups is 2. The highest BCUT2D eigenvalue weighted by Crippen LogP contribution is 2.29. The van der Waals surface area contributed by atoms with Gasteiger partial charge in [0.2, 0.25) is 5.91 Å². The summed E-state index contributed by atoms with van der Waals surface area (Å²) in [6, 6.07) is 1.87. The summed E-state index contributed by atoms with van der Waals surface area (Å²) in [5.74, 6) is 2.63. The number of carbonyl (C=O) groups excluding carboxylic acids is 2. The summed E-state index contributed by atoms with van der Waals surface area (Å²) in [5, 5.41) is 3.63. The number of aryl methyl sites for hydroxylation is 1. The first-order valence-corrected chi connectivity index (χ1v) is 8.91. The lowest BCUT2D eigenvalue weighted by molar-refractivity contribution is -0.123. The van der Waals surface area contributed by atoms with E-state index in [2.05, 4.69) is 16.1 Å². The van der Waals surface area contributed by atoms with Gasteiger partial charge in [0.15, 0.2) is 0 Å². The lowest BCUT2D eigenvalue weighted by Crippen LogP contribution is -2.48. The molecule has 0 spiro atoms. The van der Waals surface area contributed by atoms with Crippen LogP contribution < -0.4 is 5.32 Å². The van der Waals surface area contributed by atoms with Crippen molar-refractivity contribution in [3.05, 3.63) is 16.5 Å². The Morgan fingerprint density at radius 1 is 1.29 bits per heavy atom. The number of hydrogen-bond donors (Lipinski definition) is 1. The second-order valence-electron chi connectivity index (χ2n) is 7.10. The average molecular weight is 347 g/mol. The van der Waals surface area contributed by atoms with Crippen molar-refractivity contribution in [3.8, 4) is 12.3 Å². The van der Waals surface area contributed by atoms with Crippen molar-refractivity contribution < 1.29 is 9.59 Å².